The summed E-state index contributed by atoms with van der Waals surface area (Å²) in [6.45, 7) is 6.13. The average Bonchev–Trinajstić information content (AvgIpc) is 3.08. The Hall–Kier alpha value is -2.31. The van der Waals surface area contributed by atoms with Crippen LogP contribution in [-0.4, -0.2) is 46.5 Å². The van der Waals surface area contributed by atoms with Crippen LogP contribution in [0.25, 0.3) is 11.0 Å². The minimum Gasteiger partial charge on any atom is -0.380 e. The lowest BCUT2D eigenvalue weighted by Gasteiger charge is -2.29. The second-order valence-electron chi connectivity index (χ2n) is 7.73. The number of fused-ring (bicyclic) bond motifs is 1. The molecule has 148 valence electrons. The number of nitrogens with one attached hydrogen (secondary N) is 3. The maximum atomic E-state index is 6.09. The molecule has 3 N–H and O–H groups in total. The molecule has 0 aliphatic carbocycles. The zero-order chi connectivity index (χ0) is 19.5. The van der Waals surface area contributed by atoms with Gasteiger partial charge in [-0.3, -0.25) is 0 Å². The quantitative estimate of drug-likeness (QED) is 0.578. The van der Waals surface area contributed by atoms with E-state index < -0.39 is 0 Å². The van der Waals surface area contributed by atoms with Gasteiger partial charge in [-0.05, 0) is 69.1 Å². The number of hydrogen-bond acceptors (Lipinski definition) is 5. The van der Waals surface area contributed by atoms with Gasteiger partial charge in [0.15, 0.2) is 0 Å². The number of aromatic amines is 1. The molecule has 3 aromatic rings. The van der Waals surface area contributed by atoms with Crippen LogP contribution in [0.1, 0.15) is 24.0 Å². The summed E-state index contributed by atoms with van der Waals surface area (Å²) in [5.74, 6) is 1.69. The number of H-pyrrole nitrogens is 1. The number of piperidine rings is 1. The van der Waals surface area contributed by atoms with E-state index in [1.807, 2.05) is 25.4 Å². The third-order valence-corrected chi connectivity index (χ3v) is 5.72. The van der Waals surface area contributed by atoms with E-state index in [1.54, 1.807) is 0 Å². The molecule has 4 rings (SSSR count). The first kappa shape index (κ1) is 19.0. The smallest absolute Gasteiger partial charge is 0.140 e. The monoisotopic (exact) mass is 398 g/mol. The average molecular weight is 399 g/mol. The minimum absolute atomic E-state index is 0.595. The van der Waals surface area contributed by atoms with Gasteiger partial charge < -0.3 is 20.5 Å². The van der Waals surface area contributed by atoms with Gasteiger partial charge in [-0.25, -0.2) is 9.97 Å². The number of aromatic nitrogens is 3. The number of halogens is 1. The molecule has 3 aromatic heterocycles. The summed E-state index contributed by atoms with van der Waals surface area (Å²) in [5, 5.41) is 8.60. The molecule has 28 heavy (non-hydrogen) atoms. The Morgan fingerprint density at radius 2 is 2.00 bits per heavy atom. The van der Waals surface area contributed by atoms with E-state index >= 15 is 0 Å². The molecule has 0 bridgehead atoms. The Balaban J connectivity index is 1.34. The van der Waals surface area contributed by atoms with Crippen LogP contribution in [0.3, 0.4) is 0 Å². The van der Waals surface area contributed by atoms with Gasteiger partial charge in [0.25, 0.3) is 0 Å². The van der Waals surface area contributed by atoms with Gasteiger partial charge in [0.05, 0.1) is 0 Å². The van der Waals surface area contributed by atoms with Crippen LogP contribution in [0.4, 0.5) is 11.5 Å². The van der Waals surface area contributed by atoms with Gasteiger partial charge in [0, 0.05) is 36.6 Å². The zero-order valence-electron chi connectivity index (χ0n) is 16.4. The molecule has 0 radical (unpaired) electrons. The summed E-state index contributed by atoms with van der Waals surface area (Å²) in [5.41, 5.74) is 4.07. The molecule has 0 atom stereocenters. The summed E-state index contributed by atoms with van der Waals surface area (Å²) in [7, 11) is 2.20. The molecule has 1 aliphatic rings. The van der Waals surface area contributed by atoms with E-state index in [1.165, 1.54) is 25.9 Å². The number of hydrogen-bond donors (Lipinski definition) is 3. The summed E-state index contributed by atoms with van der Waals surface area (Å²) in [6.07, 6.45) is 6.30. The van der Waals surface area contributed by atoms with Crippen LogP contribution in [0.2, 0.25) is 5.15 Å². The Labute approximate surface area is 170 Å². The summed E-state index contributed by atoms with van der Waals surface area (Å²) in [6, 6.07) is 6.09. The number of aryl methyl sites for hydroxylation is 1. The van der Waals surface area contributed by atoms with Crippen LogP contribution in [0.5, 0.6) is 0 Å². The maximum Gasteiger partial charge on any atom is 0.140 e. The SMILES string of the molecule is Cc1cnc2[nH]c(Cl)cc2c1NCc1ccc(NCC2CCN(C)CC2)nc1. The Morgan fingerprint density at radius 3 is 2.75 bits per heavy atom. The highest BCUT2D eigenvalue weighted by Crippen LogP contribution is 2.28. The highest BCUT2D eigenvalue weighted by Gasteiger charge is 2.16. The molecule has 0 aromatic carbocycles. The van der Waals surface area contributed by atoms with Gasteiger partial charge in [0.1, 0.15) is 16.6 Å². The lowest BCUT2D eigenvalue weighted by atomic mass is 9.97. The predicted octanol–water partition coefficient (Wildman–Crippen LogP) is 4.29. The van der Waals surface area contributed by atoms with Gasteiger partial charge >= 0.3 is 0 Å². The fourth-order valence-corrected chi connectivity index (χ4v) is 3.91. The largest absolute Gasteiger partial charge is 0.380 e. The van der Waals surface area contributed by atoms with Crippen molar-refractivity contribution in [3.05, 3.63) is 46.9 Å². The van der Waals surface area contributed by atoms with E-state index in [2.05, 4.69) is 49.7 Å². The second-order valence-corrected chi connectivity index (χ2v) is 8.14. The Kier molecular flexibility index (Phi) is 5.69. The maximum absolute atomic E-state index is 6.09. The molecule has 0 saturated carbocycles. The lowest BCUT2D eigenvalue weighted by Crippen LogP contribution is -2.33. The van der Waals surface area contributed by atoms with Crippen molar-refractivity contribution in [3.8, 4) is 0 Å². The van der Waals surface area contributed by atoms with Crippen LogP contribution in [0.15, 0.2) is 30.6 Å². The number of pyridine rings is 2. The predicted molar refractivity (Wildman–Crippen MR) is 116 cm³/mol. The van der Waals surface area contributed by atoms with Gasteiger partial charge in [-0.2, -0.15) is 0 Å². The van der Waals surface area contributed by atoms with Crippen LogP contribution < -0.4 is 10.6 Å². The minimum atomic E-state index is 0.595. The molecular weight excluding hydrogens is 372 g/mol. The van der Waals surface area contributed by atoms with Crippen molar-refractivity contribution in [2.24, 2.45) is 5.92 Å². The van der Waals surface area contributed by atoms with Crippen LogP contribution in [-0.2, 0) is 6.54 Å². The fourth-order valence-electron chi connectivity index (χ4n) is 3.72. The molecule has 0 spiro atoms. The van der Waals surface area contributed by atoms with Crippen molar-refractivity contribution < 1.29 is 0 Å². The highest BCUT2D eigenvalue weighted by molar-refractivity contribution is 6.30. The highest BCUT2D eigenvalue weighted by atomic mass is 35.5. The van der Waals surface area contributed by atoms with Crippen LogP contribution in [0, 0.1) is 12.8 Å². The lowest BCUT2D eigenvalue weighted by molar-refractivity contribution is 0.226. The summed E-state index contributed by atoms with van der Waals surface area (Å²) in [4.78, 5) is 14.4. The van der Waals surface area contributed by atoms with E-state index in [9.17, 15) is 0 Å². The molecule has 1 fully saturated rings. The molecule has 0 unspecified atom stereocenters. The molecule has 1 aliphatic heterocycles. The van der Waals surface area contributed by atoms with Crippen molar-refractivity contribution in [2.75, 3.05) is 37.3 Å². The molecule has 6 nitrogen and oxygen atoms in total. The first-order chi connectivity index (χ1) is 13.6. The number of anilines is 2. The van der Waals surface area contributed by atoms with Gasteiger partial charge in [-0.15, -0.1) is 0 Å². The van der Waals surface area contributed by atoms with E-state index in [0.29, 0.717) is 11.7 Å². The second kappa shape index (κ2) is 8.37. The fraction of sp³-hybridized carbons (Fsp3) is 0.429. The van der Waals surface area contributed by atoms with E-state index in [0.717, 1.165) is 46.1 Å². The van der Waals surface area contributed by atoms with Crippen molar-refractivity contribution in [1.82, 2.24) is 19.9 Å². The zero-order valence-corrected chi connectivity index (χ0v) is 17.2. The molecule has 0 amide bonds. The van der Waals surface area contributed by atoms with Crippen LogP contribution >= 0.6 is 11.6 Å². The summed E-state index contributed by atoms with van der Waals surface area (Å²) >= 11 is 6.09. The first-order valence-electron chi connectivity index (χ1n) is 9.83. The van der Waals surface area contributed by atoms with Crippen molar-refractivity contribution >= 4 is 34.1 Å². The Bertz CT molecular complexity index is 928. The normalized spacial score (nSPS) is 15.8. The van der Waals surface area contributed by atoms with Crippen molar-refractivity contribution in [1.29, 1.82) is 0 Å². The third-order valence-electron chi connectivity index (χ3n) is 5.52. The standard InChI is InChI=1S/C21H27ClN6/c1-14-10-26-21-17(9-18(22)27-21)20(14)25-13-16-3-4-19(24-12-16)23-11-15-5-7-28(2)8-6-15/h3-4,9-10,12,15H,5-8,11,13H2,1-2H3,(H,23,24)(H2,25,26,27). The third kappa shape index (κ3) is 4.39. The molecule has 7 heteroatoms. The molecular formula is C21H27ClN6. The molecule has 1 saturated heterocycles. The number of likely N-dealkylation sites (tertiary alicyclic amines) is 1. The number of rotatable bonds is 6. The molecule has 4 heterocycles. The topological polar surface area (TPSA) is 68.9 Å². The van der Waals surface area contributed by atoms with Gasteiger partial charge in [-0.1, -0.05) is 17.7 Å². The van der Waals surface area contributed by atoms with E-state index in [-0.39, 0.29) is 0 Å². The van der Waals surface area contributed by atoms with E-state index in [4.69, 9.17) is 11.6 Å². The van der Waals surface area contributed by atoms with Crippen molar-refractivity contribution in [3.63, 3.8) is 0 Å². The van der Waals surface area contributed by atoms with Crippen molar-refractivity contribution in [2.45, 2.75) is 26.3 Å². The van der Waals surface area contributed by atoms with Gasteiger partial charge in [0.2, 0.25) is 0 Å². The first-order valence-corrected chi connectivity index (χ1v) is 10.2. The Morgan fingerprint density at radius 1 is 1.18 bits per heavy atom. The summed E-state index contributed by atoms with van der Waals surface area (Å²) < 4.78 is 0. The number of nitrogens with zero attached hydrogens (tertiary/aromatic N) is 3.